The molecule has 0 radical (unpaired) electrons. The predicted molar refractivity (Wildman–Crippen MR) is 302 cm³/mol. The Balaban J connectivity index is 0.964. The lowest BCUT2D eigenvalue weighted by Crippen LogP contribution is -2.41. The van der Waals surface area contributed by atoms with Crippen molar-refractivity contribution in [1.82, 2.24) is 9.80 Å². The summed E-state index contributed by atoms with van der Waals surface area (Å²) in [5, 5.41) is 0. The summed E-state index contributed by atoms with van der Waals surface area (Å²) < 4.78 is 94.6. The smallest absolute Gasteiger partial charge is 0.332 e. The van der Waals surface area contributed by atoms with Gasteiger partial charge in [-0.15, -0.1) is 0 Å². The molecule has 2 saturated heterocycles. The van der Waals surface area contributed by atoms with Gasteiger partial charge in [0.15, 0.2) is 45.8 Å². The Morgan fingerprint density at radius 1 is 0.463 bits per heavy atom. The number of likely N-dealkylation sites (tertiary alicyclic amines) is 2. The van der Waals surface area contributed by atoms with Crippen LogP contribution in [0.3, 0.4) is 0 Å². The highest BCUT2D eigenvalue weighted by molar-refractivity contribution is 5.95. The van der Waals surface area contributed by atoms with Gasteiger partial charge in [-0.1, -0.05) is 48.5 Å². The van der Waals surface area contributed by atoms with Crippen molar-refractivity contribution < 1.29 is 65.2 Å². The monoisotopic (exact) mass is 1130 g/mol. The van der Waals surface area contributed by atoms with E-state index in [4.69, 9.17) is 28.4 Å². The molecule has 2 aliphatic rings. The van der Waals surface area contributed by atoms with Crippen LogP contribution in [0.4, 0.5) is 17.6 Å². The SMILES string of the molecule is COc1cc(C(C)=O)ccc1OCCCN1CCC(CC(OC(=O)/C=C/C(=O)OC(CC2CCN(CCCOc3ccc(C(C)=O)cc3OC)CC2)(c2ccc(F)cc2)c2ccc(F)cc2)(c2ccc(F)cc2)c2ccc(F)cc2)CC1. The fourth-order valence-electron chi connectivity index (χ4n) is 11.1. The molecule has 2 aliphatic heterocycles. The highest BCUT2D eigenvalue weighted by atomic mass is 19.1. The molecule has 2 fully saturated rings. The number of ether oxygens (including phenoxy) is 6. The number of piperidine rings is 2. The second-order valence-corrected chi connectivity index (χ2v) is 21.1. The Bertz CT molecular complexity index is 2840. The topological polar surface area (TPSA) is 130 Å². The van der Waals surface area contributed by atoms with E-state index in [0.29, 0.717) is 95.3 Å². The van der Waals surface area contributed by atoms with Crippen LogP contribution in [0, 0.1) is 35.1 Å². The van der Waals surface area contributed by atoms with E-state index in [9.17, 15) is 36.7 Å². The molecular formula is C66H70F4N2O10. The first-order valence-corrected chi connectivity index (χ1v) is 27.8. The maximum absolute atomic E-state index is 14.6. The van der Waals surface area contributed by atoms with Crippen molar-refractivity contribution in [3.05, 3.63) is 202 Å². The molecule has 6 aromatic carbocycles. The Hall–Kier alpha value is -7.82. The number of methoxy groups -OCH3 is 2. The molecule has 0 saturated carbocycles. The fourth-order valence-corrected chi connectivity index (χ4v) is 11.1. The Morgan fingerprint density at radius 3 is 1.05 bits per heavy atom. The minimum atomic E-state index is -1.56. The predicted octanol–water partition coefficient (Wildman–Crippen LogP) is 12.6. The van der Waals surface area contributed by atoms with Crippen molar-refractivity contribution in [2.24, 2.45) is 11.8 Å². The van der Waals surface area contributed by atoms with Crippen LogP contribution in [-0.2, 0) is 30.3 Å². The van der Waals surface area contributed by atoms with E-state index >= 15 is 0 Å². The van der Waals surface area contributed by atoms with Crippen LogP contribution in [0.1, 0.15) is 108 Å². The number of ketones is 2. The maximum Gasteiger partial charge on any atom is 0.332 e. The van der Waals surface area contributed by atoms with Gasteiger partial charge in [0.05, 0.1) is 27.4 Å². The summed E-state index contributed by atoms with van der Waals surface area (Å²) in [7, 11) is 3.05. The fraction of sp³-hybridized carbons (Fsp3) is 0.364. The van der Waals surface area contributed by atoms with Gasteiger partial charge >= 0.3 is 11.9 Å². The van der Waals surface area contributed by atoms with Gasteiger partial charge in [0.1, 0.15) is 23.3 Å². The summed E-state index contributed by atoms with van der Waals surface area (Å²) >= 11 is 0. The Morgan fingerprint density at radius 2 is 0.768 bits per heavy atom. The highest BCUT2D eigenvalue weighted by Crippen LogP contribution is 2.45. The van der Waals surface area contributed by atoms with Crippen LogP contribution in [0.5, 0.6) is 23.0 Å². The van der Waals surface area contributed by atoms with E-state index in [-0.39, 0.29) is 36.2 Å². The van der Waals surface area contributed by atoms with Crippen molar-refractivity contribution in [1.29, 1.82) is 0 Å². The van der Waals surface area contributed by atoms with Gasteiger partial charge in [-0.05, 0) is 188 Å². The number of halogens is 4. The molecule has 0 spiro atoms. The van der Waals surface area contributed by atoms with E-state index in [1.165, 1.54) is 125 Å². The molecule has 0 aromatic heterocycles. The number of nitrogens with zero attached hydrogens (tertiary/aromatic N) is 2. The molecule has 0 amide bonds. The van der Waals surface area contributed by atoms with Crippen LogP contribution in [0.2, 0.25) is 0 Å². The molecule has 6 aromatic rings. The largest absolute Gasteiger partial charge is 0.493 e. The standard InChI is InChI=1S/C66H70F4N2O10/c1-45(73)49-7-25-59(61(41-49)77-3)79-39-5-33-71-35-29-47(30-36-71)43-65(51-9-17-55(67)18-10-51,52-11-19-56(68)20-12-52)81-63(75)27-28-64(76)82-66(53-13-21-57(69)22-14-53,54-15-23-58(70)24-16-54)44-48-31-37-72(38-32-48)34-6-40-80-60-26-8-50(46(2)74)42-62(60)78-4/h7-28,41-42,47-48H,5-6,29-40,43-44H2,1-4H3/b28-27+. The molecule has 0 bridgehead atoms. The lowest BCUT2D eigenvalue weighted by molar-refractivity contribution is -0.155. The number of hydrogen-bond acceptors (Lipinski definition) is 12. The minimum Gasteiger partial charge on any atom is -0.493 e. The number of hydrogen-bond donors (Lipinski definition) is 0. The summed E-state index contributed by atoms with van der Waals surface area (Å²) in [6.45, 7) is 8.20. The first-order valence-electron chi connectivity index (χ1n) is 27.8. The van der Waals surface area contributed by atoms with Gasteiger partial charge in [0.2, 0.25) is 0 Å². The molecule has 0 unspecified atom stereocenters. The first-order chi connectivity index (χ1) is 39.6. The van der Waals surface area contributed by atoms with E-state index in [0.717, 1.165) is 64.3 Å². The summed E-state index contributed by atoms with van der Waals surface area (Å²) in [4.78, 5) is 57.2. The molecule has 12 nitrogen and oxygen atoms in total. The first kappa shape index (κ1) is 60.3. The summed E-state index contributed by atoms with van der Waals surface area (Å²) in [6, 6.07) is 32.7. The van der Waals surface area contributed by atoms with Crippen LogP contribution in [0.15, 0.2) is 146 Å². The Labute approximate surface area is 476 Å². The quantitative estimate of drug-likeness (QED) is 0.0168. The normalized spacial score (nSPS) is 14.8. The molecular weight excluding hydrogens is 1060 g/mol. The second kappa shape index (κ2) is 28.2. The van der Waals surface area contributed by atoms with Crippen LogP contribution >= 0.6 is 0 Å². The molecule has 432 valence electrons. The molecule has 0 N–H and O–H groups in total. The highest BCUT2D eigenvalue weighted by Gasteiger charge is 2.43. The molecule has 82 heavy (non-hydrogen) atoms. The van der Waals surface area contributed by atoms with Crippen molar-refractivity contribution in [3.8, 4) is 23.0 Å². The van der Waals surface area contributed by atoms with Crippen molar-refractivity contribution in [2.45, 2.75) is 76.4 Å². The Kier molecular flexibility index (Phi) is 20.8. The average molecular weight is 1130 g/mol. The number of carbonyl (C=O) groups is 4. The second-order valence-electron chi connectivity index (χ2n) is 21.1. The van der Waals surface area contributed by atoms with E-state index < -0.39 is 46.4 Å². The van der Waals surface area contributed by atoms with E-state index in [1.54, 1.807) is 36.4 Å². The summed E-state index contributed by atoms with van der Waals surface area (Å²) in [6.07, 6.45) is 6.73. The van der Waals surface area contributed by atoms with Gasteiger partial charge < -0.3 is 38.2 Å². The number of Topliss-reactive ketones (excluding diaryl/α,β-unsaturated/α-hetero) is 2. The van der Waals surface area contributed by atoms with Gasteiger partial charge in [-0.25, -0.2) is 27.2 Å². The minimum absolute atomic E-state index is 0.0188. The molecule has 8 rings (SSSR count). The van der Waals surface area contributed by atoms with Gasteiger partial charge in [0.25, 0.3) is 0 Å². The number of carbonyl (C=O) groups excluding carboxylic acids is 4. The number of esters is 2. The van der Waals surface area contributed by atoms with Crippen molar-refractivity contribution in [2.75, 3.05) is 66.7 Å². The summed E-state index contributed by atoms with van der Waals surface area (Å²) in [5.74, 6) is -2.02. The lowest BCUT2D eigenvalue weighted by atomic mass is 9.76. The zero-order valence-electron chi connectivity index (χ0n) is 46.8. The van der Waals surface area contributed by atoms with Crippen LogP contribution in [0.25, 0.3) is 0 Å². The van der Waals surface area contributed by atoms with E-state index in [2.05, 4.69) is 9.80 Å². The molecule has 2 heterocycles. The van der Waals surface area contributed by atoms with Gasteiger partial charge in [-0.2, -0.15) is 0 Å². The molecule has 16 heteroatoms. The van der Waals surface area contributed by atoms with Crippen LogP contribution < -0.4 is 18.9 Å². The zero-order chi connectivity index (χ0) is 58.2. The summed E-state index contributed by atoms with van der Waals surface area (Å²) in [5.41, 5.74) is -0.285. The molecule has 0 aliphatic carbocycles. The third-order valence-electron chi connectivity index (χ3n) is 15.6. The van der Waals surface area contributed by atoms with Crippen molar-refractivity contribution >= 4 is 23.5 Å². The van der Waals surface area contributed by atoms with Gasteiger partial charge in [-0.3, -0.25) is 9.59 Å². The van der Waals surface area contributed by atoms with E-state index in [1.807, 2.05) is 0 Å². The van der Waals surface area contributed by atoms with Gasteiger partial charge in [0, 0.05) is 58.6 Å². The third kappa shape index (κ3) is 15.6. The van der Waals surface area contributed by atoms with Crippen molar-refractivity contribution in [3.63, 3.8) is 0 Å². The lowest BCUT2D eigenvalue weighted by Gasteiger charge is -2.40. The number of benzene rings is 6. The number of rotatable bonds is 26. The van der Waals surface area contributed by atoms with Crippen LogP contribution in [-0.4, -0.2) is 100 Å². The zero-order valence-corrected chi connectivity index (χ0v) is 46.8. The maximum atomic E-state index is 14.6. The average Bonchev–Trinajstić information content (AvgIpc) is 2.98. The third-order valence-corrected chi connectivity index (χ3v) is 15.6. The molecule has 0 atom stereocenters.